The van der Waals surface area contributed by atoms with Crippen molar-refractivity contribution in [2.75, 3.05) is 19.7 Å². The van der Waals surface area contributed by atoms with E-state index in [2.05, 4.69) is 28.9 Å². The number of nitrogens with zero attached hydrogens (tertiary/aromatic N) is 1. The molecule has 3 heteroatoms. The van der Waals surface area contributed by atoms with E-state index in [9.17, 15) is 5.11 Å². The van der Waals surface area contributed by atoms with Gasteiger partial charge in [-0.1, -0.05) is 30.4 Å². The molecule has 0 atom stereocenters. The highest BCUT2D eigenvalue weighted by Crippen LogP contribution is 2.26. The third-order valence-electron chi connectivity index (χ3n) is 3.63. The minimum Gasteiger partial charge on any atom is -0.395 e. The summed E-state index contributed by atoms with van der Waals surface area (Å²) in [4.78, 5) is 2.37. The van der Waals surface area contributed by atoms with E-state index in [4.69, 9.17) is 5.73 Å². The van der Waals surface area contributed by atoms with Gasteiger partial charge in [-0.15, -0.1) is 0 Å². The van der Waals surface area contributed by atoms with Crippen molar-refractivity contribution in [3.63, 3.8) is 0 Å². The molecule has 1 fully saturated rings. The first-order chi connectivity index (χ1) is 9.33. The van der Waals surface area contributed by atoms with E-state index < -0.39 is 0 Å². The number of benzene rings is 1. The van der Waals surface area contributed by atoms with E-state index in [1.807, 2.05) is 12.1 Å². The van der Waals surface area contributed by atoms with Crippen LogP contribution in [0.25, 0.3) is 0 Å². The largest absolute Gasteiger partial charge is 0.395 e. The van der Waals surface area contributed by atoms with Gasteiger partial charge in [-0.3, -0.25) is 4.90 Å². The van der Waals surface area contributed by atoms with Crippen molar-refractivity contribution in [1.82, 2.24) is 4.90 Å². The minimum atomic E-state index is 0.225. The SMILES string of the molecule is NCC#Cc1cccc(CN(CCO)C2CCC2)c1. The lowest BCUT2D eigenvalue weighted by atomic mass is 9.91. The summed E-state index contributed by atoms with van der Waals surface area (Å²) < 4.78 is 0. The quantitative estimate of drug-likeness (QED) is 0.784. The summed E-state index contributed by atoms with van der Waals surface area (Å²) in [6.07, 6.45) is 3.83. The summed E-state index contributed by atoms with van der Waals surface area (Å²) in [6, 6.07) is 8.92. The Balaban J connectivity index is 2.03. The van der Waals surface area contributed by atoms with E-state index in [1.54, 1.807) is 0 Å². The van der Waals surface area contributed by atoms with Crippen molar-refractivity contribution in [1.29, 1.82) is 0 Å². The first-order valence-electron chi connectivity index (χ1n) is 6.96. The van der Waals surface area contributed by atoms with Gasteiger partial charge < -0.3 is 10.8 Å². The third kappa shape index (κ3) is 4.07. The van der Waals surface area contributed by atoms with Crippen molar-refractivity contribution >= 4 is 0 Å². The number of rotatable bonds is 5. The Morgan fingerprint density at radius 3 is 2.84 bits per heavy atom. The molecular weight excluding hydrogens is 236 g/mol. The summed E-state index contributed by atoms with van der Waals surface area (Å²) >= 11 is 0. The van der Waals surface area contributed by atoms with Gasteiger partial charge in [0.15, 0.2) is 0 Å². The molecule has 1 aromatic carbocycles. The molecule has 0 saturated heterocycles. The van der Waals surface area contributed by atoms with E-state index in [-0.39, 0.29) is 6.61 Å². The normalized spacial score (nSPS) is 14.9. The molecule has 1 aromatic rings. The number of nitrogens with two attached hydrogens (primary N) is 1. The fourth-order valence-corrected chi connectivity index (χ4v) is 2.41. The maximum absolute atomic E-state index is 9.18. The molecule has 1 aliphatic rings. The molecule has 0 heterocycles. The number of hydrogen-bond acceptors (Lipinski definition) is 3. The van der Waals surface area contributed by atoms with Crippen molar-refractivity contribution in [3.05, 3.63) is 35.4 Å². The van der Waals surface area contributed by atoms with Crippen LogP contribution in [0.3, 0.4) is 0 Å². The Morgan fingerprint density at radius 2 is 2.21 bits per heavy atom. The monoisotopic (exact) mass is 258 g/mol. The van der Waals surface area contributed by atoms with Gasteiger partial charge in [-0.05, 0) is 30.5 Å². The summed E-state index contributed by atoms with van der Waals surface area (Å²) in [5, 5.41) is 9.18. The fourth-order valence-electron chi connectivity index (χ4n) is 2.41. The number of hydrogen-bond donors (Lipinski definition) is 2. The zero-order chi connectivity index (χ0) is 13.5. The molecule has 2 rings (SSSR count). The van der Waals surface area contributed by atoms with Crippen LogP contribution in [0.15, 0.2) is 24.3 Å². The smallest absolute Gasteiger partial charge is 0.0558 e. The Labute approximate surface area is 115 Å². The summed E-state index contributed by atoms with van der Waals surface area (Å²) in [5.74, 6) is 5.94. The van der Waals surface area contributed by atoms with E-state index >= 15 is 0 Å². The predicted molar refractivity (Wildman–Crippen MR) is 77.5 cm³/mol. The summed E-state index contributed by atoms with van der Waals surface area (Å²) in [5.41, 5.74) is 7.66. The maximum atomic E-state index is 9.18. The molecule has 0 bridgehead atoms. The highest BCUT2D eigenvalue weighted by molar-refractivity contribution is 5.37. The van der Waals surface area contributed by atoms with Crippen LogP contribution in [0.5, 0.6) is 0 Å². The third-order valence-corrected chi connectivity index (χ3v) is 3.63. The standard InChI is InChI=1S/C16H22N2O/c17-9-3-6-14-4-1-5-15(12-14)13-18(10-11-19)16-7-2-8-16/h1,4-5,12,16,19H,2,7-11,13,17H2. The van der Waals surface area contributed by atoms with Crippen molar-refractivity contribution in [2.45, 2.75) is 31.8 Å². The maximum Gasteiger partial charge on any atom is 0.0558 e. The molecule has 102 valence electrons. The summed E-state index contributed by atoms with van der Waals surface area (Å²) in [7, 11) is 0. The zero-order valence-corrected chi connectivity index (χ0v) is 11.3. The first-order valence-corrected chi connectivity index (χ1v) is 6.96. The van der Waals surface area contributed by atoms with Crippen molar-refractivity contribution in [2.24, 2.45) is 5.73 Å². The first kappa shape index (κ1) is 14.1. The molecule has 0 aliphatic heterocycles. The van der Waals surface area contributed by atoms with Gasteiger partial charge >= 0.3 is 0 Å². The average Bonchev–Trinajstić information content (AvgIpc) is 2.35. The van der Waals surface area contributed by atoms with Gasteiger partial charge in [-0.25, -0.2) is 0 Å². The average molecular weight is 258 g/mol. The fraction of sp³-hybridized carbons (Fsp3) is 0.500. The van der Waals surface area contributed by atoms with Crippen molar-refractivity contribution in [3.8, 4) is 11.8 Å². The van der Waals surface area contributed by atoms with E-state index in [0.717, 1.165) is 18.7 Å². The van der Waals surface area contributed by atoms with Crippen LogP contribution < -0.4 is 5.73 Å². The van der Waals surface area contributed by atoms with Crippen LogP contribution in [0.2, 0.25) is 0 Å². The van der Waals surface area contributed by atoms with Gasteiger partial charge in [0.1, 0.15) is 0 Å². The van der Waals surface area contributed by atoms with Gasteiger partial charge in [0.05, 0.1) is 13.2 Å². The lowest BCUT2D eigenvalue weighted by molar-refractivity contribution is 0.0945. The minimum absolute atomic E-state index is 0.225. The number of aliphatic hydroxyl groups is 1. The molecule has 0 radical (unpaired) electrons. The van der Waals surface area contributed by atoms with Gasteiger partial charge in [0.25, 0.3) is 0 Å². The van der Waals surface area contributed by atoms with Crippen LogP contribution >= 0.6 is 0 Å². The van der Waals surface area contributed by atoms with E-state index in [1.165, 1.54) is 24.8 Å². The summed E-state index contributed by atoms with van der Waals surface area (Å²) in [6.45, 7) is 2.26. The van der Waals surface area contributed by atoms with E-state index in [0.29, 0.717) is 12.6 Å². The van der Waals surface area contributed by atoms with Crippen LogP contribution in [0.1, 0.15) is 30.4 Å². The Bertz CT molecular complexity index is 457. The molecule has 1 aliphatic carbocycles. The predicted octanol–water partition coefficient (Wildman–Crippen LogP) is 1.34. The molecule has 19 heavy (non-hydrogen) atoms. The van der Waals surface area contributed by atoms with Crippen LogP contribution in [0.4, 0.5) is 0 Å². The highest BCUT2D eigenvalue weighted by Gasteiger charge is 2.24. The Hall–Kier alpha value is -1.34. The zero-order valence-electron chi connectivity index (χ0n) is 11.3. The van der Waals surface area contributed by atoms with Gasteiger partial charge in [0, 0.05) is 24.7 Å². The molecule has 0 amide bonds. The van der Waals surface area contributed by atoms with Gasteiger partial charge in [0.2, 0.25) is 0 Å². The van der Waals surface area contributed by atoms with Gasteiger partial charge in [-0.2, -0.15) is 0 Å². The van der Waals surface area contributed by atoms with Crippen molar-refractivity contribution < 1.29 is 5.11 Å². The van der Waals surface area contributed by atoms with Crippen LogP contribution in [0, 0.1) is 11.8 Å². The second kappa shape index (κ2) is 7.30. The number of aliphatic hydroxyl groups excluding tert-OH is 1. The molecule has 1 saturated carbocycles. The van der Waals surface area contributed by atoms with Crippen LogP contribution in [-0.2, 0) is 6.54 Å². The molecular formula is C16H22N2O. The second-order valence-electron chi connectivity index (χ2n) is 4.99. The second-order valence-corrected chi connectivity index (χ2v) is 4.99. The highest BCUT2D eigenvalue weighted by atomic mass is 16.3. The topological polar surface area (TPSA) is 49.5 Å². The Kier molecular flexibility index (Phi) is 5.41. The molecule has 0 aromatic heterocycles. The molecule has 0 unspecified atom stereocenters. The lowest BCUT2D eigenvalue weighted by Gasteiger charge is -2.37. The lowest BCUT2D eigenvalue weighted by Crippen LogP contribution is -2.41. The Morgan fingerprint density at radius 1 is 1.37 bits per heavy atom. The molecule has 3 N–H and O–H groups in total. The molecule has 0 spiro atoms. The van der Waals surface area contributed by atoms with Crippen LogP contribution in [-0.4, -0.2) is 35.7 Å². The molecule has 3 nitrogen and oxygen atoms in total.